The predicted molar refractivity (Wildman–Crippen MR) is 76.5 cm³/mol. The van der Waals surface area contributed by atoms with E-state index in [1.54, 1.807) is 13.0 Å². The third-order valence-electron chi connectivity index (χ3n) is 3.11. The molecule has 0 fully saturated rings. The highest BCUT2D eigenvalue weighted by molar-refractivity contribution is 5.57. The van der Waals surface area contributed by atoms with E-state index in [9.17, 15) is 4.39 Å². The maximum atomic E-state index is 13.7. The van der Waals surface area contributed by atoms with Gasteiger partial charge in [-0.15, -0.1) is 0 Å². The van der Waals surface area contributed by atoms with E-state index < -0.39 is 0 Å². The summed E-state index contributed by atoms with van der Waals surface area (Å²) in [5.41, 5.74) is 8.60. The monoisotopic (exact) mass is 252 g/mol. The number of halogens is 1. The zero-order valence-electron chi connectivity index (χ0n) is 12.1. The van der Waals surface area contributed by atoms with Crippen LogP contribution < -0.4 is 10.6 Å². The third-order valence-corrected chi connectivity index (χ3v) is 3.11. The Kier molecular flexibility index (Phi) is 5.15. The van der Waals surface area contributed by atoms with Crippen molar-refractivity contribution < 1.29 is 4.39 Å². The summed E-state index contributed by atoms with van der Waals surface area (Å²) in [7, 11) is 0. The van der Waals surface area contributed by atoms with E-state index >= 15 is 0 Å². The molecule has 0 saturated heterocycles. The summed E-state index contributed by atoms with van der Waals surface area (Å²) in [5.74, 6) is 0.392. The molecule has 2 nitrogen and oxygen atoms in total. The predicted octanol–water partition coefficient (Wildman–Crippen LogP) is 3.64. The van der Waals surface area contributed by atoms with Gasteiger partial charge in [0.25, 0.3) is 0 Å². The van der Waals surface area contributed by atoms with Crippen molar-refractivity contribution in [2.24, 2.45) is 11.7 Å². The summed E-state index contributed by atoms with van der Waals surface area (Å²) in [6.45, 7) is 12.1. The van der Waals surface area contributed by atoms with Crippen LogP contribution in [0.5, 0.6) is 0 Å². The zero-order chi connectivity index (χ0) is 13.9. The lowest BCUT2D eigenvalue weighted by molar-refractivity contribution is 0.602. The van der Waals surface area contributed by atoms with Crippen LogP contribution in [-0.4, -0.2) is 13.1 Å². The molecule has 0 aliphatic carbocycles. The fourth-order valence-electron chi connectivity index (χ4n) is 2.16. The Bertz CT molecular complexity index is 400. The van der Waals surface area contributed by atoms with Crippen LogP contribution in [0, 0.1) is 18.7 Å². The first-order chi connectivity index (χ1) is 8.36. The van der Waals surface area contributed by atoms with Crippen molar-refractivity contribution in [3.63, 3.8) is 0 Å². The average molecular weight is 252 g/mol. The van der Waals surface area contributed by atoms with Crippen LogP contribution in [0.15, 0.2) is 12.1 Å². The van der Waals surface area contributed by atoms with Gasteiger partial charge in [-0.25, -0.2) is 4.39 Å². The number of nitrogens with zero attached hydrogens (tertiary/aromatic N) is 1. The van der Waals surface area contributed by atoms with Crippen LogP contribution >= 0.6 is 0 Å². The Labute approximate surface area is 110 Å². The Morgan fingerprint density at radius 2 is 1.89 bits per heavy atom. The molecule has 0 unspecified atom stereocenters. The highest BCUT2D eigenvalue weighted by atomic mass is 19.1. The largest absolute Gasteiger partial charge is 0.371 e. The first kappa shape index (κ1) is 15.0. The molecule has 0 amide bonds. The van der Waals surface area contributed by atoms with E-state index in [2.05, 4.69) is 25.7 Å². The summed E-state index contributed by atoms with van der Waals surface area (Å²) in [5, 5.41) is 0. The van der Waals surface area contributed by atoms with E-state index in [1.807, 2.05) is 13.0 Å². The van der Waals surface area contributed by atoms with Crippen LogP contribution in [0.25, 0.3) is 0 Å². The molecule has 102 valence electrons. The van der Waals surface area contributed by atoms with Crippen LogP contribution in [0.3, 0.4) is 0 Å². The van der Waals surface area contributed by atoms with Gasteiger partial charge in [-0.05, 0) is 49.9 Å². The normalized spacial score (nSPS) is 12.9. The molecule has 1 rings (SSSR count). The van der Waals surface area contributed by atoms with Crippen molar-refractivity contribution in [3.05, 3.63) is 29.1 Å². The molecule has 3 heteroatoms. The van der Waals surface area contributed by atoms with Gasteiger partial charge >= 0.3 is 0 Å². The number of anilines is 1. The van der Waals surface area contributed by atoms with Gasteiger partial charge in [-0.3, -0.25) is 0 Å². The van der Waals surface area contributed by atoms with Crippen LogP contribution in [0.4, 0.5) is 10.1 Å². The van der Waals surface area contributed by atoms with Gasteiger partial charge in [0.1, 0.15) is 5.82 Å². The summed E-state index contributed by atoms with van der Waals surface area (Å²) < 4.78 is 13.7. The minimum absolute atomic E-state index is 0.156. The molecule has 0 radical (unpaired) electrons. The van der Waals surface area contributed by atoms with Crippen molar-refractivity contribution in [2.75, 3.05) is 18.0 Å². The second-order valence-corrected chi connectivity index (χ2v) is 5.38. The Morgan fingerprint density at radius 3 is 2.33 bits per heavy atom. The lowest BCUT2D eigenvalue weighted by Gasteiger charge is -2.29. The molecular formula is C15H25FN2. The molecule has 0 spiro atoms. The van der Waals surface area contributed by atoms with Gasteiger partial charge in [-0.2, -0.15) is 0 Å². The second kappa shape index (κ2) is 6.19. The van der Waals surface area contributed by atoms with Gasteiger partial charge < -0.3 is 10.6 Å². The molecule has 1 aromatic carbocycles. The summed E-state index contributed by atoms with van der Waals surface area (Å²) in [6.07, 6.45) is 0. The lowest BCUT2D eigenvalue weighted by atomic mass is 10.0. The van der Waals surface area contributed by atoms with Crippen molar-refractivity contribution in [1.82, 2.24) is 0 Å². The first-order valence-electron chi connectivity index (χ1n) is 6.67. The number of rotatable bonds is 5. The standard InChI is InChI=1S/C15H25FN2/c1-6-18(9-10(2)3)15-7-11(4)14(16)8-13(15)12(5)17/h7-8,10,12H,6,9,17H2,1-5H3/t12-/m1/s1. The molecule has 0 aromatic heterocycles. The van der Waals surface area contributed by atoms with E-state index in [-0.39, 0.29) is 11.9 Å². The maximum Gasteiger partial charge on any atom is 0.126 e. The Hall–Kier alpha value is -1.09. The molecule has 0 aliphatic heterocycles. The van der Waals surface area contributed by atoms with Crippen molar-refractivity contribution in [3.8, 4) is 0 Å². The number of nitrogens with two attached hydrogens (primary N) is 1. The van der Waals surface area contributed by atoms with Crippen LogP contribution in [0.1, 0.15) is 44.9 Å². The molecule has 2 N–H and O–H groups in total. The molecule has 1 atom stereocenters. The topological polar surface area (TPSA) is 29.3 Å². The number of benzene rings is 1. The van der Waals surface area contributed by atoms with Crippen molar-refractivity contribution in [2.45, 2.75) is 40.7 Å². The highest BCUT2D eigenvalue weighted by Crippen LogP contribution is 2.28. The second-order valence-electron chi connectivity index (χ2n) is 5.38. The smallest absolute Gasteiger partial charge is 0.126 e. The van der Waals surface area contributed by atoms with E-state index in [4.69, 9.17) is 5.73 Å². The number of aryl methyl sites for hydroxylation is 1. The average Bonchev–Trinajstić information content (AvgIpc) is 2.28. The van der Waals surface area contributed by atoms with E-state index in [0.29, 0.717) is 11.5 Å². The minimum Gasteiger partial charge on any atom is -0.371 e. The van der Waals surface area contributed by atoms with Crippen LogP contribution in [-0.2, 0) is 0 Å². The quantitative estimate of drug-likeness (QED) is 0.867. The summed E-state index contributed by atoms with van der Waals surface area (Å²) >= 11 is 0. The summed E-state index contributed by atoms with van der Waals surface area (Å²) in [4.78, 5) is 2.27. The van der Waals surface area contributed by atoms with Gasteiger partial charge in [0.05, 0.1) is 0 Å². The zero-order valence-corrected chi connectivity index (χ0v) is 12.1. The van der Waals surface area contributed by atoms with Gasteiger partial charge in [0.15, 0.2) is 0 Å². The first-order valence-corrected chi connectivity index (χ1v) is 6.67. The van der Waals surface area contributed by atoms with Crippen molar-refractivity contribution in [1.29, 1.82) is 0 Å². The summed E-state index contributed by atoms with van der Waals surface area (Å²) in [6, 6.07) is 3.34. The van der Waals surface area contributed by atoms with Gasteiger partial charge in [0.2, 0.25) is 0 Å². The molecule has 1 aromatic rings. The van der Waals surface area contributed by atoms with E-state index in [0.717, 1.165) is 24.3 Å². The maximum absolute atomic E-state index is 13.7. The molecule has 0 saturated carbocycles. The minimum atomic E-state index is -0.174. The Morgan fingerprint density at radius 1 is 1.28 bits per heavy atom. The molecule has 0 bridgehead atoms. The van der Waals surface area contributed by atoms with Crippen LogP contribution in [0.2, 0.25) is 0 Å². The number of hydrogen-bond donors (Lipinski definition) is 1. The Balaban J connectivity index is 3.22. The van der Waals surface area contributed by atoms with E-state index in [1.165, 1.54) is 0 Å². The molecule has 0 heterocycles. The van der Waals surface area contributed by atoms with Gasteiger partial charge in [0, 0.05) is 24.8 Å². The number of hydrogen-bond acceptors (Lipinski definition) is 2. The highest BCUT2D eigenvalue weighted by Gasteiger charge is 2.16. The fourth-order valence-corrected chi connectivity index (χ4v) is 2.16. The lowest BCUT2D eigenvalue weighted by Crippen LogP contribution is -2.29. The van der Waals surface area contributed by atoms with Gasteiger partial charge in [-0.1, -0.05) is 13.8 Å². The molecule has 18 heavy (non-hydrogen) atoms. The molecular weight excluding hydrogens is 227 g/mol. The fraction of sp³-hybridized carbons (Fsp3) is 0.600. The third kappa shape index (κ3) is 3.45. The molecule has 0 aliphatic rings. The van der Waals surface area contributed by atoms with Crippen molar-refractivity contribution >= 4 is 5.69 Å². The SMILES string of the molecule is CCN(CC(C)C)c1cc(C)c(F)cc1[C@@H](C)N.